The smallest absolute Gasteiger partial charge is 0.258 e. The van der Waals surface area contributed by atoms with Crippen LogP contribution in [0.4, 0.5) is 11.4 Å². The summed E-state index contributed by atoms with van der Waals surface area (Å²) >= 11 is 0. The monoisotopic (exact) mass is 669 g/mol. The number of carbonyl (C=O) groups is 2. The van der Waals surface area contributed by atoms with Crippen LogP contribution in [0.1, 0.15) is 37.3 Å². The van der Waals surface area contributed by atoms with Gasteiger partial charge in [-0.3, -0.25) is 24.6 Å². The number of fused-ring (bicyclic) bond motifs is 3. The number of aromatic nitrogens is 5. The number of hydrogen-bond donors (Lipinski definition) is 2. The van der Waals surface area contributed by atoms with Gasteiger partial charge in [0.15, 0.2) is 11.4 Å². The number of anilines is 2. The Morgan fingerprint density at radius 3 is 2.56 bits per heavy atom. The molecule has 2 bridgehead atoms. The van der Waals surface area contributed by atoms with Crippen molar-refractivity contribution in [1.29, 1.82) is 0 Å². The van der Waals surface area contributed by atoms with Crippen molar-refractivity contribution in [3.8, 4) is 22.6 Å². The van der Waals surface area contributed by atoms with Crippen molar-refractivity contribution in [3.05, 3.63) is 84.9 Å². The minimum atomic E-state index is -1.05. The predicted octanol–water partition coefficient (Wildman–Crippen LogP) is 4.48. The van der Waals surface area contributed by atoms with Crippen molar-refractivity contribution in [1.82, 2.24) is 34.9 Å². The summed E-state index contributed by atoms with van der Waals surface area (Å²) in [5.41, 5.74) is 5.61. The number of aromatic amines is 1. The zero-order chi connectivity index (χ0) is 33.8. The molecule has 254 valence electrons. The molecule has 1 aliphatic carbocycles. The van der Waals surface area contributed by atoms with Gasteiger partial charge in [-0.05, 0) is 86.3 Å². The molecule has 2 N–H and O–H groups in total. The van der Waals surface area contributed by atoms with E-state index < -0.39 is 5.60 Å². The number of piperazine rings is 1. The van der Waals surface area contributed by atoms with Crippen molar-refractivity contribution >= 4 is 34.1 Å². The fourth-order valence-corrected chi connectivity index (χ4v) is 8.01. The number of carbonyl (C=O) groups excluding carboxylic acids is 2. The molecule has 2 amide bonds. The van der Waals surface area contributed by atoms with Crippen molar-refractivity contribution in [2.24, 2.45) is 0 Å². The molecular weight excluding hydrogens is 630 g/mol. The van der Waals surface area contributed by atoms with E-state index in [0.29, 0.717) is 43.5 Å². The summed E-state index contributed by atoms with van der Waals surface area (Å²) < 4.78 is 5.91. The van der Waals surface area contributed by atoms with E-state index in [-0.39, 0.29) is 30.4 Å². The number of H-pyrrole nitrogens is 1. The molecule has 6 heterocycles. The Kier molecular flexibility index (Phi) is 7.58. The molecule has 3 saturated heterocycles. The van der Waals surface area contributed by atoms with Gasteiger partial charge in [-0.15, -0.1) is 0 Å². The van der Waals surface area contributed by atoms with Gasteiger partial charge in [-0.1, -0.05) is 0 Å². The lowest BCUT2D eigenvalue weighted by Gasteiger charge is -2.36. The third-order valence-electron chi connectivity index (χ3n) is 10.9. The minimum absolute atomic E-state index is 0.111. The fourth-order valence-electron chi connectivity index (χ4n) is 8.01. The summed E-state index contributed by atoms with van der Waals surface area (Å²) in [4.78, 5) is 47.1. The summed E-state index contributed by atoms with van der Waals surface area (Å²) in [7, 11) is 1.58. The Morgan fingerprint density at radius 2 is 1.80 bits per heavy atom. The van der Waals surface area contributed by atoms with Gasteiger partial charge in [-0.25, -0.2) is 9.97 Å². The van der Waals surface area contributed by atoms with Crippen LogP contribution in [0.15, 0.2) is 79.3 Å². The second kappa shape index (κ2) is 12.3. The molecule has 12 heteroatoms. The second-order valence-corrected chi connectivity index (χ2v) is 14.1. The van der Waals surface area contributed by atoms with Gasteiger partial charge in [0.25, 0.3) is 5.91 Å². The average Bonchev–Trinajstić information content (AvgIpc) is 3.44. The summed E-state index contributed by atoms with van der Waals surface area (Å²) in [5, 5.41) is 11.8. The minimum Gasteiger partial charge on any atom is -0.367 e. The Hall–Kier alpha value is -5.20. The quantitative estimate of drug-likeness (QED) is 0.233. The molecule has 0 spiro atoms. The summed E-state index contributed by atoms with van der Waals surface area (Å²) in [6, 6.07) is 20.5. The molecule has 9 rings (SSSR count). The Balaban J connectivity index is 0.824. The van der Waals surface area contributed by atoms with Crippen LogP contribution in [0, 0.1) is 0 Å². The van der Waals surface area contributed by atoms with Crippen LogP contribution in [0.3, 0.4) is 0 Å². The summed E-state index contributed by atoms with van der Waals surface area (Å²) in [6.07, 6.45) is 9.18. The van der Waals surface area contributed by atoms with Crippen LogP contribution in [0.5, 0.6) is 0 Å². The first-order chi connectivity index (χ1) is 24.5. The highest BCUT2D eigenvalue weighted by atomic mass is 16.5. The van der Waals surface area contributed by atoms with Crippen molar-refractivity contribution in [2.45, 2.75) is 49.3 Å². The van der Waals surface area contributed by atoms with Crippen LogP contribution < -0.4 is 10.2 Å². The molecular formula is C38H39N9O3. The lowest BCUT2D eigenvalue weighted by Crippen LogP contribution is -2.52. The van der Waals surface area contributed by atoms with Gasteiger partial charge in [-0.2, -0.15) is 5.10 Å². The van der Waals surface area contributed by atoms with Crippen LogP contribution >= 0.6 is 0 Å². The number of pyridine rings is 1. The molecule has 2 aromatic carbocycles. The van der Waals surface area contributed by atoms with Crippen LogP contribution in [-0.4, -0.2) is 104 Å². The van der Waals surface area contributed by atoms with Gasteiger partial charge in [0.1, 0.15) is 5.69 Å². The number of benzene rings is 2. The number of hydrogen-bond acceptors (Lipinski definition) is 9. The maximum Gasteiger partial charge on any atom is 0.258 e. The number of methoxy groups -OCH3 is 1. The molecule has 3 atom stereocenters. The van der Waals surface area contributed by atoms with Crippen molar-refractivity contribution in [2.75, 3.05) is 50.1 Å². The topological polar surface area (TPSA) is 132 Å². The van der Waals surface area contributed by atoms with Crippen molar-refractivity contribution < 1.29 is 14.3 Å². The highest BCUT2D eigenvalue weighted by molar-refractivity contribution is 6.01. The first kappa shape index (κ1) is 30.8. The number of amides is 2. The van der Waals surface area contributed by atoms with Gasteiger partial charge < -0.3 is 19.9 Å². The van der Waals surface area contributed by atoms with Gasteiger partial charge >= 0.3 is 0 Å². The van der Waals surface area contributed by atoms with Crippen LogP contribution in [0.25, 0.3) is 33.5 Å². The number of ether oxygens (including phenoxy) is 1. The highest BCUT2D eigenvalue weighted by Gasteiger charge is 2.48. The summed E-state index contributed by atoms with van der Waals surface area (Å²) in [5.74, 6) is 1.16. The van der Waals surface area contributed by atoms with E-state index >= 15 is 0 Å². The first-order valence-electron chi connectivity index (χ1n) is 17.4. The van der Waals surface area contributed by atoms with E-state index in [1.807, 2.05) is 41.4 Å². The molecule has 12 nitrogen and oxygen atoms in total. The third-order valence-corrected chi connectivity index (χ3v) is 10.9. The Bertz CT molecular complexity index is 2070. The zero-order valence-corrected chi connectivity index (χ0v) is 28.0. The molecule has 50 heavy (non-hydrogen) atoms. The summed E-state index contributed by atoms with van der Waals surface area (Å²) in [6.45, 7) is 2.75. The van der Waals surface area contributed by atoms with Gasteiger partial charge in [0.05, 0.1) is 18.1 Å². The van der Waals surface area contributed by atoms with Gasteiger partial charge in [0.2, 0.25) is 5.91 Å². The lowest BCUT2D eigenvalue weighted by atomic mass is 10.0. The molecule has 5 aromatic rings. The standard InChI is InChI=1S/C38H39N9O3/c1-50-38(37(49)42-27-7-10-32-31(18-27)35(44-43-32)26-11-15-39-33(17-26)24-3-4-24)12-16-45(23-38)22-34(48)47-21-29-19-30(47)20-46(29)28-8-5-25(6-9-28)36-40-13-2-14-41-36/h2,5-11,13-15,17-18,24,29-30H,3-4,12,16,19-23H2,1H3,(H,42,49)(H,43,44)/t29-,30-,38-/m0/s1. The second-order valence-electron chi connectivity index (χ2n) is 14.1. The number of rotatable bonds is 9. The van der Waals surface area contributed by atoms with E-state index in [9.17, 15) is 9.59 Å². The van der Waals surface area contributed by atoms with E-state index in [1.54, 1.807) is 19.5 Å². The average molecular weight is 670 g/mol. The molecule has 0 radical (unpaired) electrons. The van der Waals surface area contributed by atoms with Crippen molar-refractivity contribution in [3.63, 3.8) is 0 Å². The SMILES string of the molecule is CO[C@@]1(C(=O)Nc2ccc3[nH]nc(-c4ccnc(C5CC5)c4)c3c2)CCN(CC(=O)N2C[C@@H]3C[C@H]2CN3c2ccc(-c3ncccn3)cc2)C1. The Morgan fingerprint density at radius 1 is 0.960 bits per heavy atom. The molecule has 4 fully saturated rings. The maximum atomic E-state index is 13.8. The molecule has 4 aliphatic rings. The molecule has 3 aliphatic heterocycles. The highest BCUT2D eigenvalue weighted by Crippen LogP contribution is 2.41. The lowest BCUT2D eigenvalue weighted by molar-refractivity contribution is -0.138. The number of likely N-dealkylation sites (tertiary alicyclic amines) is 2. The number of nitrogens with zero attached hydrogens (tertiary/aromatic N) is 7. The van der Waals surface area contributed by atoms with Crippen LogP contribution in [-0.2, 0) is 14.3 Å². The van der Waals surface area contributed by atoms with E-state index in [4.69, 9.17) is 4.74 Å². The Labute approximate surface area is 289 Å². The van der Waals surface area contributed by atoms with Gasteiger partial charge in [0, 0.05) is 97.4 Å². The van der Waals surface area contributed by atoms with E-state index in [0.717, 1.165) is 52.1 Å². The molecule has 1 saturated carbocycles. The molecule has 3 aromatic heterocycles. The van der Waals surface area contributed by atoms with Crippen LogP contribution in [0.2, 0.25) is 0 Å². The zero-order valence-electron chi connectivity index (χ0n) is 28.0. The fraction of sp³-hybridized carbons (Fsp3) is 0.368. The molecule has 0 unspecified atom stereocenters. The normalized spacial score (nSPS) is 23.2. The third kappa shape index (κ3) is 5.58. The van der Waals surface area contributed by atoms with E-state index in [2.05, 4.69) is 70.6 Å². The van der Waals surface area contributed by atoms with E-state index in [1.165, 1.54) is 12.8 Å². The predicted molar refractivity (Wildman–Crippen MR) is 189 cm³/mol. The maximum absolute atomic E-state index is 13.8. The number of nitrogens with one attached hydrogen (secondary N) is 2. The first-order valence-corrected chi connectivity index (χ1v) is 17.4. The largest absolute Gasteiger partial charge is 0.367 e.